The summed E-state index contributed by atoms with van der Waals surface area (Å²) < 4.78 is 16.2. The van der Waals surface area contributed by atoms with E-state index < -0.39 is 5.91 Å². The summed E-state index contributed by atoms with van der Waals surface area (Å²) in [7, 11) is 3.15. The van der Waals surface area contributed by atoms with Crippen LogP contribution < -0.4 is 20.1 Å². The second-order valence-electron chi connectivity index (χ2n) is 6.81. The number of methoxy groups -OCH3 is 2. The third kappa shape index (κ3) is 5.34. The number of nitrogens with zero attached hydrogens (tertiary/aromatic N) is 1. The first-order valence-corrected chi connectivity index (χ1v) is 11.8. The summed E-state index contributed by atoms with van der Waals surface area (Å²) in [5, 5.41) is 8.79. The fourth-order valence-electron chi connectivity index (χ4n) is 3.02. The number of nitrogens with one attached hydrogen (secondary N) is 2. The number of thiocarbonyl (C=S) groups is 1. The lowest BCUT2D eigenvalue weighted by Crippen LogP contribution is -2.33. The number of anilines is 1. The van der Waals surface area contributed by atoms with E-state index >= 15 is 0 Å². The van der Waals surface area contributed by atoms with Gasteiger partial charge in [-0.15, -0.1) is 11.3 Å². The SMILES string of the molecule is COc1ccc(-c2csc(NC(=S)NC(=O)c3ccc(-c4ccc(Cl)c(Cl)c4)o3)n2)cc1OC. The lowest BCUT2D eigenvalue weighted by atomic mass is 10.1. The van der Waals surface area contributed by atoms with Gasteiger partial charge in [0.15, 0.2) is 27.5 Å². The van der Waals surface area contributed by atoms with Gasteiger partial charge in [-0.1, -0.05) is 23.2 Å². The van der Waals surface area contributed by atoms with Gasteiger partial charge in [0.1, 0.15) is 5.76 Å². The van der Waals surface area contributed by atoms with E-state index in [1.807, 2.05) is 17.5 Å². The first kappa shape index (κ1) is 24.0. The lowest BCUT2D eigenvalue weighted by molar-refractivity contribution is 0.0951. The molecule has 4 rings (SSSR count). The van der Waals surface area contributed by atoms with Crippen LogP contribution in [0, 0.1) is 0 Å². The van der Waals surface area contributed by atoms with Crippen LogP contribution in [0.15, 0.2) is 58.3 Å². The minimum Gasteiger partial charge on any atom is -0.493 e. The Morgan fingerprint density at radius 1 is 1.00 bits per heavy atom. The number of amides is 1. The third-order valence-electron chi connectivity index (χ3n) is 4.66. The number of halogens is 2. The van der Waals surface area contributed by atoms with E-state index in [1.165, 1.54) is 11.3 Å². The number of carbonyl (C=O) groups excluding carboxylic acids is 1. The number of hydrogen-bond acceptors (Lipinski definition) is 7. The molecule has 4 aromatic rings. The van der Waals surface area contributed by atoms with Crippen LogP contribution in [0.3, 0.4) is 0 Å². The molecule has 0 aliphatic carbocycles. The van der Waals surface area contributed by atoms with Crippen molar-refractivity contribution in [3.63, 3.8) is 0 Å². The Morgan fingerprint density at radius 3 is 2.50 bits per heavy atom. The molecule has 34 heavy (non-hydrogen) atoms. The zero-order chi connectivity index (χ0) is 24.2. The number of thiazole rings is 1. The Morgan fingerprint density at radius 2 is 1.76 bits per heavy atom. The highest BCUT2D eigenvalue weighted by molar-refractivity contribution is 7.80. The molecule has 2 aromatic heterocycles. The maximum Gasteiger partial charge on any atom is 0.293 e. The molecule has 0 aliphatic heterocycles. The van der Waals surface area contributed by atoms with Crippen LogP contribution >= 0.6 is 46.8 Å². The maximum absolute atomic E-state index is 12.5. The van der Waals surface area contributed by atoms with Crippen molar-refractivity contribution in [2.75, 3.05) is 19.5 Å². The van der Waals surface area contributed by atoms with Crippen molar-refractivity contribution in [1.82, 2.24) is 10.3 Å². The third-order valence-corrected chi connectivity index (χ3v) is 6.37. The number of hydrogen-bond donors (Lipinski definition) is 2. The minimum atomic E-state index is -0.500. The van der Waals surface area contributed by atoms with Gasteiger partial charge in [0.25, 0.3) is 5.91 Å². The number of rotatable bonds is 6. The molecule has 7 nitrogen and oxygen atoms in total. The Bertz CT molecular complexity index is 1370. The van der Waals surface area contributed by atoms with Gasteiger partial charge in [-0.25, -0.2) is 4.98 Å². The lowest BCUT2D eigenvalue weighted by Gasteiger charge is -2.08. The van der Waals surface area contributed by atoms with Crippen molar-refractivity contribution in [3.05, 3.63) is 69.7 Å². The predicted molar refractivity (Wildman–Crippen MR) is 139 cm³/mol. The maximum atomic E-state index is 12.5. The normalized spacial score (nSPS) is 10.6. The van der Waals surface area contributed by atoms with E-state index in [1.54, 1.807) is 50.6 Å². The van der Waals surface area contributed by atoms with Crippen LogP contribution in [-0.2, 0) is 0 Å². The van der Waals surface area contributed by atoms with Gasteiger partial charge in [0, 0.05) is 16.5 Å². The van der Waals surface area contributed by atoms with Crippen LogP contribution in [-0.4, -0.2) is 30.2 Å². The van der Waals surface area contributed by atoms with Crippen molar-refractivity contribution in [3.8, 4) is 34.1 Å². The molecule has 0 fully saturated rings. The quantitative estimate of drug-likeness (QED) is 0.273. The van der Waals surface area contributed by atoms with E-state index in [-0.39, 0.29) is 10.9 Å². The van der Waals surface area contributed by atoms with E-state index in [0.717, 1.165) is 11.3 Å². The Hall–Kier alpha value is -3.11. The largest absolute Gasteiger partial charge is 0.493 e. The molecule has 0 radical (unpaired) electrons. The van der Waals surface area contributed by atoms with Gasteiger partial charge in [-0.3, -0.25) is 10.1 Å². The first-order valence-electron chi connectivity index (χ1n) is 9.73. The summed E-state index contributed by atoms with van der Waals surface area (Å²) >= 11 is 18.6. The van der Waals surface area contributed by atoms with E-state index in [2.05, 4.69) is 15.6 Å². The van der Waals surface area contributed by atoms with Crippen molar-refractivity contribution in [1.29, 1.82) is 0 Å². The average Bonchev–Trinajstić information content (AvgIpc) is 3.50. The monoisotopic (exact) mass is 533 g/mol. The Labute approximate surface area is 214 Å². The van der Waals surface area contributed by atoms with Crippen molar-refractivity contribution in [2.45, 2.75) is 0 Å². The summed E-state index contributed by atoms with van der Waals surface area (Å²) in [5.41, 5.74) is 2.27. The second-order valence-corrected chi connectivity index (χ2v) is 8.89. The molecule has 11 heteroatoms. The smallest absolute Gasteiger partial charge is 0.293 e. The molecule has 2 heterocycles. The second kappa shape index (κ2) is 10.4. The minimum absolute atomic E-state index is 0.0886. The van der Waals surface area contributed by atoms with E-state index in [9.17, 15) is 4.79 Å². The van der Waals surface area contributed by atoms with E-state index in [4.69, 9.17) is 49.3 Å². The summed E-state index contributed by atoms with van der Waals surface area (Å²) in [5.74, 6) is 1.30. The highest BCUT2D eigenvalue weighted by Gasteiger charge is 2.16. The van der Waals surface area contributed by atoms with Gasteiger partial charge in [0.05, 0.1) is 30.0 Å². The number of ether oxygens (including phenoxy) is 2. The topological polar surface area (TPSA) is 85.6 Å². The summed E-state index contributed by atoms with van der Waals surface area (Å²) in [6.07, 6.45) is 0. The van der Waals surface area contributed by atoms with Crippen LogP contribution in [0.4, 0.5) is 5.13 Å². The van der Waals surface area contributed by atoms with Crippen LogP contribution in [0.1, 0.15) is 10.6 Å². The Kier molecular flexibility index (Phi) is 7.38. The van der Waals surface area contributed by atoms with Crippen molar-refractivity contribution >= 4 is 62.9 Å². The fraction of sp³-hybridized carbons (Fsp3) is 0.0870. The van der Waals surface area contributed by atoms with Crippen molar-refractivity contribution < 1.29 is 18.7 Å². The van der Waals surface area contributed by atoms with Gasteiger partial charge in [0.2, 0.25) is 0 Å². The van der Waals surface area contributed by atoms with Crippen LogP contribution in [0.2, 0.25) is 10.0 Å². The molecule has 1 amide bonds. The van der Waals surface area contributed by atoms with Gasteiger partial charge in [-0.05, 0) is 60.7 Å². The molecular formula is C23H17Cl2N3O4S2. The molecular weight excluding hydrogens is 517 g/mol. The first-order chi connectivity index (χ1) is 16.4. The molecule has 0 bridgehead atoms. The Balaban J connectivity index is 1.40. The number of benzene rings is 2. The molecule has 0 atom stereocenters. The highest BCUT2D eigenvalue weighted by Crippen LogP contribution is 2.33. The zero-order valence-electron chi connectivity index (χ0n) is 17.8. The molecule has 0 spiro atoms. The molecule has 2 aromatic carbocycles. The molecule has 0 saturated carbocycles. The average molecular weight is 534 g/mol. The summed E-state index contributed by atoms with van der Waals surface area (Å²) in [6, 6.07) is 13.8. The fourth-order valence-corrected chi connectivity index (χ4v) is 4.29. The zero-order valence-corrected chi connectivity index (χ0v) is 21.0. The highest BCUT2D eigenvalue weighted by atomic mass is 35.5. The predicted octanol–water partition coefficient (Wildman–Crippen LogP) is 6.52. The number of carbonyl (C=O) groups is 1. The van der Waals surface area contributed by atoms with E-state index in [0.29, 0.717) is 38.0 Å². The molecule has 0 unspecified atom stereocenters. The molecule has 0 aliphatic rings. The van der Waals surface area contributed by atoms with Crippen LogP contribution in [0.5, 0.6) is 11.5 Å². The number of aromatic nitrogens is 1. The van der Waals surface area contributed by atoms with Crippen molar-refractivity contribution in [2.24, 2.45) is 0 Å². The molecule has 2 N–H and O–H groups in total. The molecule has 174 valence electrons. The van der Waals surface area contributed by atoms with Crippen LogP contribution in [0.25, 0.3) is 22.6 Å². The van der Waals surface area contributed by atoms with Gasteiger partial charge >= 0.3 is 0 Å². The number of furan rings is 1. The summed E-state index contributed by atoms with van der Waals surface area (Å²) in [6.45, 7) is 0. The van der Waals surface area contributed by atoms with Gasteiger partial charge < -0.3 is 19.2 Å². The standard InChI is InChI=1S/C23H17Cl2N3O4S2/c1-30-18-6-4-12(10-20(18)31-2)16-11-34-23(26-16)28-22(33)27-21(29)19-8-7-17(32-19)13-3-5-14(24)15(25)9-13/h3-11H,1-2H3,(H2,26,27,28,29,33). The summed E-state index contributed by atoms with van der Waals surface area (Å²) in [4.78, 5) is 17.1. The van der Waals surface area contributed by atoms with Gasteiger partial charge in [-0.2, -0.15) is 0 Å². The molecule has 0 saturated heterocycles.